The lowest BCUT2D eigenvalue weighted by atomic mass is 10.2. The minimum absolute atomic E-state index is 0.384. The normalized spacial score (nSPS) is 11.5. The highest BCUT2D eigenvalue weighted by Gasteiger charge is 2.30. The summed E-state index contributed by atoms with van der Waals surface area (Å²) >= 11 is 0. The van der Waals surface area contributed by atoms with Gasteiger partial charge in [0, 0.05) is 17.1 Å². The summed E-state index contributed by atoms with van der Waals surface area (Å²) in [7, 11) is 0. The van der Waals surface area contributed by atoms with Crippen molar-refractivity contribution < 1.29 is 18.0 Å². The number of benzene rings is 1. The molecule has 0 aliphatic rings. The summed E-state index contributed by atoms with van der Waals surface area (Å²) in [5.41, 5.74) is 3.60. The number of nitrogens with zero attached hydrogens (tertiary/aromatic N) is 1. The van der Waals surface area contributed by atoms with E-state index in [2.05, 4.69) is 0 Å². The fourth-order valence-corrected chi connectivity index (χ4v) is 2.27. The van der Waals surface area contributed by atoms with E-state index in [1.54, 1.807) is 24.5 Å². The van der Waals surface area contributed by atoms with Crippen LogP contribution in [0.2, 0.25) is 0 Å². The van der Waals surface area contributed by atoms with E-state index in [4.69, 9.17) is 5.84 Å². The first-order valence-electron chi connectivity index (χ1n) is 6.13. The van der Waals surface area contributed by atoms with Crippen molar-refractivity contribution in [3.05, 3.63) is 52.8 Å². The molecule has 2 rings (SSSR count). The van der Waals surface area contributed by atoms with E-state index >= 15 is 0 Å². The first kappa shape index (κ1) is 15.1. The smallest absolute Gasteiger partial charge is 0.318 e. The molecule has 0 fully saturated rings. The Bertz CT molecular complexity index is 672. The van der Waals surface area contributed by atoms with E-state index in [1.165, 1.54) is 12.1 Å². The van der Waals surface area contributed by atoms with Gasteiger partial charge in [0.05, 0.1) is 11.1 Å². The number of aryl methyl sites for hydroxylation is 1. The van der Waals surface area contributed by atoms with Gasteiger partial charge in [-0.05, 0) is 44.2 Å². The Labute approximate surface area is 119 Å². The number of hydrogen-bond donors (Lipinski definition) is 2. The second-order valence-electron chi connectivity index (χ2n) is 4.64. The molecule has 3 N–H and O–H groups in total. The summed E-state index contributed by atoms with van der Waals surface area (Å²) in [5, 5.41) is 0. The molecule has 1 heterocycles. The van der Waals surface area contributed by atoms with Crippen molar-refractivity contribution in [2.45, 2.75) is 20.0 Å². The van der Waals surface area contributed by atoms with Crippen molar-refractivity contribution in [3.8, 4) is 5.69 Å². The quantitative estimate of drug-likeness (QED) is 0.508. The third-order valence-corrected chi connectivity index (χ3v) is 3.26. The van der Waals surface area contributed by atoms with Gasteiger partial charge >= 0.3 is 6.18 Å². The molecule has 1 aromatic heterocycles. The second-order valence-corrected chi connectivity index (χ2v) is 4.64. The molecule has 0 atom stereocenters. The van der Waals surface area contributed by atoms with Crippen LogP contribution in [-0.4, -0.2) is 10.5 Å². The Morgan fingerprint density at radius 2 is 1.76 bits per heavy atom. The molecule has 0 aliphatic carbocycles. The maximum atomic E-state index is 12.6. The number of hydrogen-bond acceptors (Lipinski definition) is 2. The van der Waals surface area contributed by atoms with E-state index < -0.39 is 17.6 Å². The molecule has 0 unspecified atom stereocenters. The summed E-state index contributed by atoms with van der Waals surface area (Å²) in [6.45, 7) is 3.47. The summed E-state index contributed by atoms with van der Waals surface area (Å²) in [6, 6.07) is 6.39. The number of halogens is 3. The molecule has 1 aromatic carbocycles. The lowest BCUT2D eigenvalue weighted by Gasteiger charge is -2.12. The zero-order valence-corrected chi connectivity index (χ0v) is 11.5. The standard InChI is InChI=1S/C14H14F3N3O/c1-8-7-12(13(21)19-18)9(2)20(8)11-5-3-10(4-6-11)14(15,16)17/h3-7H,18H2,1-2H3,(H,19,21). The fraction of sp³-hybridized carbons (Fsp3) is 0.214. The second kappa shape index (κ2) is 5.25. The highest BCUT2D eigenvalue weighted by molar-refractivity contribution is 5.95. The topological polar surface area (TPSA) is 60.1 Å². The predicted octanol–water partition coefficient (Wildman–Crippen LogP) is 2.72. The number of carbonyl (C=O) groups excluding carboxylic acids is 1. The Morgan fingerprint density at radius 3 is 2.24 bits per heavy atom. The van der Waals surface area contributed by atoms with E-state index in [-0.39, 0.29) is 0 Å². The van der Waals surface area contributed by atoms with Gasteiger partial charge in [-0.15, -0.1) is 0 Å². The average molecular weight is 297 g/mol. The monoisotopic (exact) mass is 297 g/mol. The Morgan fingerprint density at radius 1 is 1.19 bits per heavy atom. The maximum Gasteiger partial charge on any atom is 0.416 e. The molecule has 0 aliphatic heterocycles. The molecule has 4 nitrogen and oxygen atoms in total. The van der Waals surface area contributed by atoms with Gasteiger partial charge in [-0.1, -0.05) is 0 Å². The summed E-state index contributed by atoms with van der Waals surface area (Å²) in [4.78, 5) is 11.6. The number of carbonyl (C=O) groups is 1. The molecule has 0 spiro atoms. The van der Waals surface area contributed by atoms with Crippen LogP contribution >= 0.6 is 0 Å². The molecule has 0 saturated carbocycles. The molecule has 0 saturated heterocycles. The highest BCUT2D eigenvalue weighted by Crippen LogP contribution is 2.30. The molecule has 1 amide bonds. The summed E-state index contributed by atoms with van der Waals surface area (Å²) < 4.78 is 39.4. The van der Waals surface area contributed by atoms with Crippen LogP contribution in [0.25, 0.3) is 5.69 Å². The fourth-order valence-electron chi connectivity index (χ4n) is 2.27. The third-order valence-electron chi connectivity index (χ3n) is 3.26. The van der Waals surface area contributed by atoms with Crippen LogP contribution in [0, 0.1) is 13.8 Å². The van der Waals surface area contributed by atoms with Gasteiger partial charge in [-0.3, -0.25) is 10.2 Å². The minimum Gasteiger partial charge on any atom is -0.318 e. The minimum atomic E-state index is -4.37. The van der Waals surface area contributed by atoms with Crippen molar-refractivity contribution in [3.63, 3.8) is 0 Å². The molecule has 0 radical (unpaired) electrons. The van der Waals surface area contributed by atoms with E-state index in [0.717, 1.165) is 17.8 Å². The van der Waals surface area contributed by atoms with Gasteiger partial charge in [0.15, 0.2) is 0 Å². The Hall–Kier alpha value is -2.28. The molecule has 112 valence electrons. The average Bonchev–Trinajstić information content (AvgIpc) is 2.72. The van der Waals surface area contributed by atoms with Crippen LogP contribution in [0.15, 0.2) is 30.3 Å². The lowest BCUT2D eigenvalue weighted by molar-refractivity contribution is -0.137. The van der Waals surface area contributed by atoms with E-state index in [1.807, 2.05) is 5.43 Å². The molecular weight excluding hydrogens is 283 g/mol. The summed E-state index contributed by atoms with van der Waals surface area (Å²) in [5.74, 6) is 4.66. The van der Waals surface area contributed by atoms with E-state index in [9.17, 15) is 18.0 Å². The number of nitrogens with two attached hydrogens (primary N) is 1. The molecular formula is C14H14F3N3O. The number of nitrogen functional groups attached to an aromatic ring is 1. The van der Waals surface area contributed by atoms with Crippen molar-refractivity contribution in [2.24, 2.45) is 5.84 Å². The van der Waals surface area contributed by atoms with Crippen molar-refractivity contribution in [1.29, 1.82) is 0 Å². The van der Waals surface area contributed by atoms with Crippen molar-refractivity contribution in [1.82, 2.24) is 9.99 Å². The molecule has 0 bridgehead atoms. The van der Waals surface area contributed by atoms with Crippen LogP contribution < -0.4 is 11.3 Å². The Kier molecular flexibility index (Phi) is 3.78. The van der Waals surface area contributed by atoms with Crippen LogP contribution in [-0.2, 0) is 6.18 Å². The molecule has 2 aromatic rings. The van der Waals surface area contributed by atoms with Gasteiger partial charge < -0.3 is 4.57 Å². The predicted molar refractivity (Wildman–Crippen MR) is 71.9 cm³/mol. The van der Waals surface area contributed by atoms with Gasteiger partial charge in [0.25, 0.3) is 5.91 Å². The highest BCUT2D eigenvalue weighted by atomic mass is 19.4. The number of nitrogens with one attached hydrogen (secondary N) is 1. The first-order chi connectivity index (χ1) is 9.75. The maximum absolute atomic E-state index is 12.6. The number of alkyl halides is 3. The summed E-state index contributed by atoms with van der Waals surface area (Å²) in [6.07, 6.45) is -4.37. The lowest BCUT2D eigenvalue weighted by Crippen LogP contribution is -2.30. The van der Waals surface area contributed by atoms with Crippen LogP contribution in [0.5, 0.6) is 0 Å². The van der Waals surface area contributed by atoms with Crippen LogP contribution in [0.1, 0.15) is 27.3 Å². The van der Waals surface area contributed by atoms with Crippen molar-refractivity contribution in [2.75, 3.05) is 0 Å². The Balaban J connectivity index is 2.48. The number of rotatable bonds is 2. The van der Waals surface area contributed by atoms with Gasteiger partial charge in [0.2, 0.25) is 0 Å². The van der Waals surface area contributed by atoms with Gasteiger partial charge in [0.1, 0.15) is 0 Å². The van der Waals surface area contributed by atoms with Crippen LogP contribution in [0.3, 0.4) is 0 Å². The third kappa shape index (κ3) is 2.78. The number of amides is 1. The number of aromatic nitrogens is 1. The first-order valence-corrected chi connectivity index (χ1v) is 6.13. The van der Waals surface area contributed by atoms with Crippen molar-refractivity contribution >= 4 is 5.91 Å². The molecule has 21 heavy (non-hydrogen) atoms. The zero-order valence-electron chi connectivity index (χ0n) is 11.5. The van der Waals surface area contributed by atoms with E-state index in [0.29, 0.717) is 16.9 Å². The van der Waals surface area contributed by atoms with Gasteiger partial charge in [-0.2, -0.15) is 13.2 Å². The van der Waals surface area contributed by atoms with Gasteiger partial charge in [-0.25, -0.2) is 5.84 Å². The largest absolute Gasteiger partial charge is 0.416 e. The zero-order chi connectivity index (χ0) is 15.8. The van der Waals surface area contributed by atoms with Crippen LogP contribution in [0.4, 0.5) is 13.2 Å². The molecule has 7 heteroatoms. The number of hydrazine groups is 1. The SMILES string of the molecule is Cc1cc(C(=O)NN)c(C)n1-c1ccc(C(F)(F)F)cc1.